The minimum Gasteiger partial charge on any atom is -0.311 e. The number of aromatic nitrogens is 3. The maximum absolute atomic E-state index is 4.69. The van der Waals surface area contributed by atoms with Crippen LogP contribution in [-0.4, -0.2) is 21.6 Å². The Morgan fingerprint density at radius 3 is 2.89 bits per heavy atom. The van der Waals surface area contributed by atoms with Gasteiger partial charge in [-0.3, -0.25) is 4.98 Å². The third kappa shape index (κ3) is 2.62. The Bertz CT molecular complexity index is 666. The molecule has 1 N–H and O–H groups in total. The number of para-hydroxylation sites is 1. The predicted molar refractivity (Wildman–Crippen MR) is 77.2 cm³/mol. The molecule has 0 saturated heterocycles. The number of fused-ring (bicyclic) bond motifs is 1. The topological polar surface area (TPSA) is 50.7 Å². The van der Waals surface area contributed by atoms with Gasteiger partial charge in [-0.2, -0.15) is 0 Å². The lowest BCUT2D eigenvalue weighted by atomic mass is 10.1. The molecule has 0 spiro atoms. The molecule has 1 atom stereocenters. The summed E-state index contributed by atoms with van der Waals surface area (Å²) in [5.41, 5.74) is 3.07. The van der Waals surface area contributed by atoms with E-state index in [0.29, 0.717) is 0 Å². The average Bonchev–Trinajstić information content (AvgIpc) is 2.98. The maximum Gasteiger partial charge on any atom is 0.0928 e. The highest BCUT2D eigenvalue weighted by Crippen LogP contribution is 2.18. The highest BCUT2D eigenvalue weighted by molar-refractivity contribution is 7.03. The van der Waals surface area contributed by atoms with Gasteiger partial charge in [-0.15, -0.1) is 5.10 Å². The van der Waals surface area contributed by atoms with E-state index in [4.69, 9.17) is 0 Å². The molecule has 1 unspecified atom stereocenters. The highest BCUT2D eigenvalue weighted by atomic mass is 32.1. The van der Waals surface area contributed by atoms with E-state index in [1.165, 1.54) is 16.9 Å². The lowest BCUT2D eigenvalue weighted by molar-refractivity contribution is 0.568. The number of nitrogens with zero attached hydrogens (tertiary/aromatic N) is 3. The number of nitrogens with one attached hydrogen (secondary N) is 1. The van der Waals surface area contributed by atoms with Gasteiger partial charge in [0.1, 0.15) is 0 Å². The molecule has 0 amide bonds. The second-order valence-corrected chi connectivity index (χ2v) is 4.98. The van der Waals surface area contributed by atoms with E-state index in [0.717, 1.165) is 23.3 Å². The van der Waals surface area contributed by atoms with Crippen molar-refractivity contribution in [3.05, 3.63) is 53.2 Å². The fraction of sp³-hybridized carbons (Fsp3) is 0.214. The first-order chi connectivity index (χ1) is 9.36. The van der Waals surface area contributed by atoms with Crippen molar-refractivity contribution < 1.29 is 0 Å². The zero-order valence-corrected chi connectivity index (χ0v) is 11.4. The van der Waals surface area contributed by atoms with Crippen LogP contribution in [0.15, 0.2) is 41.8 Å². The Morgan fingerprint density at radius 1 is 1.21 bits per heavy atom. The summed E-state index contributed by atoms with van der Waals surface area (Å²) in [5.74, 6) is 0. The molecule has 2 aromatic heterocycles. The molecular weight excluding hydrogens is 256 g/mol. The van der Waals surface area contributed by atoms with Gasteiger partial charge < -0.3 is 5.32 Å². The molecule has 96 valence electrons. The van der Waals surface area contributed by atoms with Crippen molar-refractivity contribution in [1.29, 1.82) is 0 Å². The zero-order chi connectivity index (χ0) is 13.1. The number of hydrogen-bond donors (Lipinski definition) is 1. The minimum absolute atomic E-state index is 0.160. The van der Waals surface area contributed by atoms with Crippen LogP contribution < -0.4 is 5.32 Å². The lowest BCUT2D eigenvalue weighted by Gasteiger charge is -2.12. The van der Waals surface area contributed by atoms with E-state index >= 15 is 0 Å². The number of likely N-dealkylation sites (N-methyl/N-ethyl adjacent to an activating group) is 1. The number of benzene rings is 1. The second-order valence-electron chi connectivity index (χ2n) is 4.37. The standard InChI is InChI=1S/C14H14N4S/c1-15-13(14-9-19-18-17-14)8-11-7-6-10-4-2-3-5-12(10)16-11/h2-7,9,13,15H,8H2,1H3. The first kappa shape index (κ1) is 12.2. The predicted octanol–water partition coefficient (Wildman–Crippen LogP) is 2.59. The monoisotopic (exact) mass is 270 g/mol. The fourth-order valence-electron chi connectivity index (χ4n) is 2.11. The molecule has 3 aromatic rings. The van der Waals surface area contributed by atoms with Crippen LogP contribution in [0.3, 0.4) is 0 Å². The van der Waals surface area contributed by atoms with Crippen molar-refractivity contribution >= 4 is 22.4 Å². The molecule has 0 aliphatic carbocycles. The van der Waals surface area contributed by atoms with Crippen LogP contribution in [0.25, 0.3) is 10.9 Å². The van der Waals surface area contributed by atoms with Gasteiger partial charge in [0.2, 0.25) is 0 Å². The van der Waals surface area contributed by atoms with Gasteiger partial charge in [0.05, 0.1) is 17.3 Å². The maximum atomic E-state index is 4.69. The van der Waals surface area contributed by atoms with Crippen molar-refractivity contribution in [3.8, 4) is 0 Å². The average molecular weight is 270 g/mol. The normalized spacial score (nSPS) is 12.7. The molecule has 0 radical (unpaired) electrons. The third-order valence-electron chi connectivity index (χ3n) is 3.15. The zero-order valence-electron chi connectivity index (χ0n) is 10.6. The first-order valence-corrected chi connectivity index (χ1v) is 6.99. The van der Waals surface area contributed by atoms with Crippen molar-refractivity contribution in [2.24, 2.45) is 0 Å². The summed E-state index contributed by atoms with van der Waals surface area (Å²) in [5, 5.41) is 10.5. The molecule has 0 saturated carbocycles. The van der Waals surface area contributed by atoms with Gasteiger partial charge in [-0.25, -0.2) is 0 Å². The Balaban J connectivity index is 1.88. The molecule has 1 aromatic carbocycles. The summed E-state index contributed by atoms with van der Waals surface area (Å²) in [4.78, 5) is 4.69. The SMILES string of the molecule is CNC(Cc1ccc2ccccc2n1)c1csnn1. The van der Waals surface area contributed by atoms with Gasteiger partial charge in [0.15, 0.2) is 0 Å². The van der Waals surface area contributed by atoms with Crippen LogP contribution >= 0.6 is 11.5 Å². The smallest absolute Gasteiger partial charge is 0.0928 e. The molecule has 5 heteroatoms. The largest absolute Gasteiger partial charge is 0.311 e. The Kier molecular flexibility index (Phi) is 3.48. The van der Waals surface area contributed by atoms with Gasteiger partial charge in [0, 0.05) is 22.9 Å². The molecule has 0 aliphatic heterocycles. The van der Waals surface area contributed by atoms with Crippen molar-refractivity contribution in [3.63, 3.8) is 0 Å². The Labute approximate surface area is 115 Å². The van der Waals surface area contributed by atoms with Crippen LogP contribution in [0, 0.1) is 0 Å². The molecule has 0 fully saturated rings. The second kappa shape index (κ2) is 5.42. The van der Waals surface area contributed by atoms with E-state index in [2.05, 4.69) is 38.1 Å². The van der Waals surface area contributed by atoms with E-state index in [1.54, 1.807) is 0 Å². The van der Waals surface area contributed by atoms with Gasteiger partial charge in [-0.1, -0.05) is 28.8 Å². The van der Waals surface area contributed by atoms with Crippen LogP contribution in [0.4, 0.5) is 0 Å². The van der Waals surface area contributed by atoms with Crippen molar-refractivity contribution in [2.45, 2.75) is 12.5 Å². The molecule has 2 heterocycles. The van der Waals surface area contributed by atoms with Crippen LogP contribution in [0.5, 0.6) is 0 Å². The lowest BCUT2D eigenvalue weighted by Crippen LogP contribution is -2.19. The molecular formula is C14H14N4S. The summed E-state index contributed by atoms with van der Waals surface area (Å²) in [7, 11) is 1.94. The third-order valence-corrected chi connectivity index (χ3v) is 3.67. The molecule has 3 rings (SSSR count). The van der Waals surface area contributed by atoms with Crippen molar-refractivity contribution in [2.75, 3.05) is 7.05 Å². The quantitative estimate of drug-likeness (QED) is 0.791. The van der Waals surface area contributed by atoms with E-state index < -0.39 is 0 Å². The minimum atomic E-state index is 0.160. The number of hydrogen-bond acceptors (Lipinski definition) is 5. The summed E-state index contributed by atoms with van der Waals surface area (Å²) in [6.45, 7) is 0. The van der Waals surface area contributed by atoms with E-state index in [-0.39, 0.29) is 6.04 Å². The van der Waals surface area contributed by atoms with Gasteiger partial charge in [-0.05, 0) is 30.7 Å². The first-order valence-electron chi connectivity index (χ1n) is 6.15. The summed E-state index contributed by atoms with van der Waals surface area (Å²) < 4.78 is 3.91. The molecule has 4 nitrogen and oxygen atoms in total. The van der Waals surface area contributed by atoms with Crippen LogP contribution in [-0.2, 0) is 6.42 Å². The van der Waals surface area contributed by atoms with E-state index in [9.17, 15) is 0 Å². The van der Waals surface area contributed by atoms with Crippen LogP contribution in [0.1, 0.15) is 17.4 Å². The molecule has 19 heavy (non-hydrogen) atoms. The fourth-order valence-corrected chi connectivity index (χ4v) is 2.62. The summed E-state index contributed by atoms with van der Waals surface area (Å²) >= 11 is 1.37. The summed E-state index contributed by atoms with van der Waals surface area (Å²) in [6, 6.07) is 12.5. The van der Waals surface area contributed by atoms with Crippen molar-refractivity contribution in [1.82, 2.24) is 19.9 Å². The molecule has 0 bridgehead atoms. The van der Waals surface area contributed by atoms with Gasteiger partial charge >= 0.3 is 0 Å². The number of pyridine rings is 1. The highest BCUT2D eigenvalue weighted by Gasteiger charge is 2.13. The number of rotatable bonds is 4. The molecule has 0 aliphatic rings. The van der Waals surface area contributed by atoms with Crippen LogP contribution in [0.2, 0.25) is 0 Å². The Morgan fingerprint density at radius 2 is 2.11 bits per heavy atom. The van der Waals surface area contributed by atoms with Gasteiger partial charge in [0.25, 0.3) is 0 Å². The Hall–Kier alpha value is -1.85. The van der Waals surface area contributed by atoms with E-state index in [1.807, 2.05) is 30.6 Å². The summed E-state index contributed by atoms with van der Waals surface area (Å²) in [6.07, 6.45) is 0.812.